The van der Waals surface area contributed by atoms with Crippen LogP contribution >= 0.6 is 0 Å². The van der Waals surface area contributed by atoms with E-state index in [1.165, 1.54) is 0 Å². The van der Waals surface area contributed by atoms with Crippen LogP contribution in [0.25, 0.3) is 0 Å². The topological polar surface area (TPSA) is 48.1 Å². The van der Waals surface area contributed by atoms with E-state index >= 15 is 0 Å². The van der Waals surface area contributed by atoms with Crippen LogP contribution in [0.3, 0.4) is 0 Å². The first-order valence-corrected chi connectivity index (χ1v) is 5.79. The second-order valence-electron chi connectivity index (χ2n) is 4.14. The van der Waals surface area contributed by atoms with Gasteiger partial charge in [-0.25, -0.2) is 4.98 Å². The fourth-order valence-corrected chi connectivity index (χ4v) is 1.64. The third kappa shape index (κ3) is 2.88. The van der Waals surface area contributed by atoms with E-state index in [0.717, 1.165) is 22.6 Å². The molecule has 0 aliphatic heterocycles. The number of nitrogens with zero attached hydrogens (tertiary/aromatic N) is 1. The quantitative estimate of drug-likeness (QED) is 0.657. The molecule has 0 spiro atoms. The number of nitrogen functional groups attached to an aromatic ring is 1. The molecule has 0 bridgehead atoms. The maximum Gasteiger partial charge on any atom is 0.219 e. The molecular weight excluding hydrogens is 224 g/mol. The van der Waals surface area contributed by atoms with Crippen LogP contribution in [0.15, 0.2) is 49.2 Å². The summed E-state index contributed by atoms with van der Waals surface area (Å²) in [5.41, 5.74) is 8.59. The molecule has 0 saturated carbocycles. The van der Waals surface area contributed by atoms with Crippen LogP contribution in [0.4, 0.5) is 5.69 Å². The first-order chi connectivity index (χ1) is 8.69. The number of aromatic nitrogens is 1. The van der Waals surface area contributed by atoms with Crippen molar-refractivity contribution < 1.29 is 4.74 Å². The summed E-state index contributed by atoms with van der Waals surface area (Å²) >= 11 is 0. The highest BCUT2D eigenvalue weighted by molar-refractivity contribution is 5.49. The van der Waals surface area contributed by atoms with Crippen molar-refractivity contribution in [2.75, 3.05) is 5.73 Å². The standard InChI is InChI=1S/C15H16N2O/c1-3-4-12-9-13(16)6-7-14(12)18-15-8-5-11(2)10-17-15/h3,5-10H,1,4,16H2,2H3. The Morgan fingerprint density at radius 2 is 2.17 bits per heavy atom. The number of anilines is 1. The van der Waals surface area contributed by atoms with Crippen LogP contribution in [0, 0.1) is 6.92 Å². The molecular formula is C15H16N2O. The molecule has 0 aliphatic carbocycles. The van der Waals surface area contributed by atoms with Gasteiger partial charge in [-0.2, -0.15) is 0 Å². The van der Waals surface area contributed by atoms with Gasteiger partial charge in [-0.3, -0.25) is 0 Å². The van der Waals surface area contributed by atoms with Gasteiger partial charge in [0.1, 0.15) is 5.75 Å². The average molecular weight is 240 g/mol. The van der Waals surface area contributed by atoms with Crippen molar-refractivity contribution in [3.05, 3.63) is 60.3 Å². The first kappa shape index (κ1) is 12.2. The van der Waals surface area contributed by atoms with Crippen LogP contribution in [0.2, 0.25) is 0 Å². The van der Waals surface area contributed by atoms with Gasteiger partial charge in [0.15, 0.2) is 0 Å². The van der Waals surface area contributed by atoms with E-state index in [0.29, 0.717) is 12.3 Å². The summed E-state index contributed by atoms with van der Waals surface area (Å²) in [5, 5.41) is 0. The number of ether oxygens (including phenoxy) is 1. The van der Waals surface area contributed by atoms with Crippen LogP contribution in [0.5, 0.6) is 11.6 Å². The average Bonchev–Trinajstić information content (AvgIpc) is 2.36. The van der Waals surface area contributed by atoms with Gasteiger partial charge in [0, 0.05) is 23.5 Å². The minimum absolute atomic E-state index is 0.579. The van der Waals surface area contributed by atoms with Crippen LogP contribution in [-0.2, 0) is 6.42 Å². The number of nitrogens with two attached hydrogens (primary N) is 1. The molecule has 3 heteroatoms. The number of benzene rings is 1. The maximum atomic E-state index is 5.77. The molecule has 0 unspecified atom stereocenters. The number of pyridine rings is 1. The van der Waals surface area contributed by atoms with Crippen molar-refractivity contribution in [1.82, 2.24) is 4.98 Å². The maximum absolute atomic E-state index is 5.77. The van der Waals surface area contributed by atoms with Gasteiger partial charge in [0.25, 0.3) is 0 Å². The second kappa shape index (κ2) is 5.36. The Morgan fingerprint density at radius 1 is 1.33 bits per heavy atom. The van der Waals surface area contributed by atoms with Crippen molar-refractivity contribution in [3.63, 3.8) is 0 Å². The van der Waals surface area contributed by atoms with E-state index in [-0.39, 0.29) is 0 Å². The van der Waals surface area contributed by atoms with Crippen LogP contribution in [0.1, 0.15) is 11.1 Å². The SMILES string of the molecule is C=CCc1cc(N)ccc1Oc1ccc(C)cn1. The van der Waals surface area contributed by atoms with E-state index in [1.54, 1.807) is 6.20 Å². The lowest BCUT2D eigenvalue weighted by Crippen LogP contribution is -1.95. The zero-order valence-corrected chi connectivity index (χ0v) is 10.4. The Kier molecular flexibility index (Phi) is 3.63. The van der Waals surface area contributed by atoms with Gasteiger partial charge in [0.2, 0.25) is 5.88 Å². The van der Waals surface area contributed by atoms with Crippen LogP contribution < -0.4 is 10.5 Å². The lowest BCUT2D eigenvalue weighted by atomic mass is 10.1. The lowest BCUT2D eigenvalue weighted by Gasteiger charge is -2.10. The van der Waals surface area contributed by atoms with Gasteiger partial charge in [-0.05, 0) is 37.1 Å². The minimum atomic E-state index is 0.579. The van der Waals surface area contributed by atoms with Gasteiger partial charge < -0.3 is 10.5 Å². The number of hydrogen-bond acceptors (Lipinski definition) is 3. The van der Waals surface area contributed by atoms with E-state index in [9.17, 15) is 0 Å². The molecule has 92 valence electrons. The fourth-order valence-electron chi connectivity index (χ4n) is 1.64. The first-order valence-electron chi connectivity index (χ1n) is 5.79. The largest absolute Gasteiger partial charge is 0.439 e. The highest BCUT2D eigenvalue weighted by Gasteiger charge is 2.05. The Balaban J connectivity index is 2.27. The predicted octanol–water partition coefficient (Wildman–Crippen LogP) is 3.49. The van der Waals surface area contributed by atoms with Crippen LogP contribution in [-0.4, -0.2) is 4.98 Å². The molecule has 0 atom stereocenters. The Labute approximate surface area is 107 Å². The molecule has 2 aromatic rings. The number of hydrogen-bond donors (Lipinski definition) is 1. The Morgan fingerprint density at radius 3 is 2.83 bits per heavy atom. The Bertz CT molecular complexity index is 547. The van der Waals surface area contributed by atoms with E-state index in [1.807, 2.05) is 43.3 Å². The van der Waals surface area contributed by atoms with Crippen molar-refractivity contribution in [2.24, 2.45) is 0 Å². The zero-order chi connectivity index (χ0) is 13.0. The third-order valence-corrected chi connectivity index (χ3v) is 2.55. The number of rotatable bonds is 4. The van der Waals surface area contributed by atoms with Gasteiger partial charge >= 0.3 is 0 Å². The molecule has 0 radical (unpaired) electrons. The monoisotopic (exact) mass is 240 g/mol. The third-order valence-electron chi connectivity index (χ3n) is 2.55. The molecule has 0 aliphatic rings. The van der Waals surface area contributed by atoms with Gasteiger partial charge in [-0.1, -0.05) is 12.1 Å². The molecule has 0 fully saturated rings. The van der Waals surface area contributed by atoms with Gasteiger partial charge in [-0.15, -0.1) is 6.58 Å². The Hall–Kier alpha value is -2.29. The van der Waals surface area contributed by atoms with Crippen molar-refractivity contribution in [3.8, 4) is 11.6 Å². The molecule has 2 rings (SSSR count). The molecule has 18 heavy (non-hydrogen) atoms. The minimum Gasteiger partial charge on any atom is -0.439 e. The molecule has 0 amide bonds. The number of aryl methyl sites for hydroxylation is 1. The fraction of sp³-hybridized carbons (Fsp3) is 0.133. The summed E-state index contributed by atoms with van der Waals surface area (Å²) in [6, 6.07) is 9.38. The summed E-state index contributed by atoms with van der Waals surface area (Å²) in [4.78, 5) is 4.22. The van der Waals surface area contributed by atoms with E-state index in [2.05, 4.69) is 11.6 Å². The summed E-state index contributed by atoms with van der Waals surface area (Å²) in [5.74, 6) is 1.34. The molecule has 2 N–H and O–H groups in total. The van der Waals surface area contributed by atoms with Crippen molar-refractivity contribution in [1.29, 1.82) is 0 Å². The van der Waals surface area contributed by atoms with Crippen molar-refractivity contribution >= 4 is 5.69 Å². The van der Waals surface area contributed by atoms with Crippen molar-refractivity contribution in [2.45, 2.75) is 13.3 Å². The van der Waals surface area contributed by atoms with E-state index < -0.39 is 0 Å². The summed E-state index contributed by atoms with van der Waals surface area (Å²) in [6.07, 6.45) is 4.32. The second-order valence-corrected chi connectivity index (χ2v) is 4.14. The predicted molar refractivity (Wildman–Crippen MR) is 73.8 cm³/mol. The summed E-state index contributed by atoms with van der Waals surface area (Å²) in [7, 11) is 0. The molecule has 1 heterocycles. The smallest absolute Gasteiger partial charge is 0.219 e. The molecule has 0 saturated heterocycles. The molecule has 3 nitrogen and oxygen atoms in total. The van der Waals surface area contributed by atoms with E-state index in [4.69, 9.17) is 10.5 Å². The summed E-state index contributed by atoms with van der Waals surface area (Å²) < 4.78 is 5.76. The summed E-state index contributed by atoms with van der Waals surface area (Å²) in [6.45, 7) is 5.72. The normalized spacial score (nSPS) is 10.1. The number of allylic oxidation sites excluding steroid dienone is 1. The molecule has 1 aromatic carbocycles. The highest BCUT2D eigenvalue weighted by atomic mass is 16.5. The molecule has 1 aromatic heterocycles. The lowest BCUT2D eigenvalue weighted by molar-refractivity contribution is 0.458. The zero-order valence-electron chi connectivity index (χ0n) is 10.4. The van der Waals surface area contributed by atoms with Gasteiger partial charge in [0.05, 0.1) is 0 Å². The highest BCUT2D eigenvalue weighted by Crippen LogP contribution is 2.26.